The second-order valence-corrected chi connectivity index (χ2v) is 6.73. The van der Waals surface area contributed by atoms with Crippen molar-refractivity contribution in [3.63, 3.8) is 0 Å². The van der Waals surface area contributed by atoms with Gasteiger partial charge in [-0.25, -0.2) is 0 Å². The summed E-state index contributed by atoms with van der Waals surface area (Å²) in [5.74, 6) is 1.82. The largest absolute Gasteiger partial charge is 0.490 e. The molecule has 2 heterocycles. The van der Waals surface area contributed by atoms with Crippen LogP contribution in [0.1, 0.15) is 12.0 Å². The van der Waals surface area contributed by atoms with Crippen LogP contribution in [0.3, 0.4) is 0 Å². The normalized spacial score (nSPS) is 13.5. The van der Waals surface area contributed by atoms with E-state index < -0.39 is 0 Å². The van der Waals surface area contributed by atoms with Crippen molar-refractivity contribution < 1.29 is 14.3 Å². The number of aromatic amines is 1. The molecule has 0 saturated carbocycles. The molecule has 1 aliphatic rings. The molecule has 2 N–H and O–H groups in total. The third kappa shape index (κ3) is 3.46. The Kier molecular flexibility index (Phi) is 4.31. The Hall–Kier alpha value is -2.54. The van der Waals surface area contributed by atoms with Gasteiger partial charge in [-0.05, 0) is 35.9 Å². The first-order valence-corrected chi connectivity index (χ1v) is 8.80. The Balaban J connectivity index is 1.49. The van der Waals surface area contributed by atoms with Crippen LogP contribution in [-0.4, -0.2) is 29.3 Å². The van der Waals surface area contributed by atoms with Crippen LogP contribution in [0.2, 0.25) is 0 Å². The zero-order valence-electron chi connectivity index (χ0n) is 13.3. The number of rotatable bonds is 3. The van der Waals surface area contributed by atoms with Crippen LogP contribution < -0.4 is 14.8 Å². The van der Waals surface area contributed by atoms with E-state index in [1.807, 2.05) is 36.4 Å². The van der Waals surface area contributed by atoms with Crippen molar-refractivity contribution in [3.8, 4) is 11.5 Å². The predicted octanol–water partition coefficient (Wildman–Crippen LogP) is 3.67. The van der Waals surface area contributed by atoms with E-state index in [0.717, 1.165) is 33.1 Å². The maximum atomic E-state index is 12.4. The van der Waals surface area contributed by atoms with E-state index in [4.69, 9.17) is 9.47 Å². The highest BCUT2D eigenvalue weighted by Crippen LogP contribution is 2.30. The third-order valence-corrected chi connectivity index (χ3v) is 4.45. The summed E-state index contributed by atoms with van der Waals surface area (Å²) in [6.07, 6.45) is 1.09. The van der Waals surface area contributed by atoms with Gasteiger partial charge in [0.15, 0.2) is 17.3 Å². The van der Waals surface area contributed by atoms with Crippen LogP contribution in [0.15, 0.2) is 40.9 Å². The Morgan fingerprint density at radius 3 is 2.88 bits per heavy atom. The molecule has 0 bridgehead atoms. The van der Waals surface area contributed by atoms with Gasteiger partial charge in [-0.1, -0.05) is 22.0 Å². The van der Waals surface area contributed by atoms with E-state index in [-0.39, 0.29) is 12.3 Å². The van der Waals surface area contributed by atoms with Gasteiger partial charge in [-0.2, -0.15) is 5.10 Å². The van der Waals surface area contributed by atoms with Gasteiger partial charge in [0.1, 0.15) is 0 Å². The summed E-state index contributed by atoms with van der Waals surface area (Å²) in [4.78, 5) is 12.4. The molecule has 6 nitrogen and oxygen atoms in total. The molecule has 0 spiro atoms. The number of aromatic nitrogens is 2. The van der Waals surface area contributed by atoms with Crippen molar-refractivity contribution in [1.82, 2.24) is 10.2 Å². The Morgan fingerprint density at radius 1 is 1.16 bits per heavy atom. The van der Waals surface area contributed by atoms with Gasteiger partial charge >= 0.3 is 0 Å². The molecule has 0 fully saturated rings. The second-order valence-electron chi connectivity index (χ2n) is 5.82. The van der Waals surface area contributed by atoms with Crippen LogP contribution in [0.5, 0.6) is 11.5 Å². The minimum absolute atomic E-state index is 0.134. The second kappa shape index (κ2) is 6.76. The molecule has 1 aromatic heterocycles. The van der Waals surface area contributed by atoms with E-state index in [1.54, 1.807) is 0 Å². The van der Waals surface area contributed by atoms with E-state index in [1.165, 1.54) is 0 Å². The van der Waals surface area contributed by atoms with Crippen LogP contribution in [0, 0.1) is 0 Å². The summed E-state index contributed by atoms with van der Waals surface area (Å²) in [6, 6.07) is 11.3. The smallest absolute Gasteiger partial charge is 0.230 e. The molecule has 1 amide bonds. The highest BCUT2D eigenvalue weighted by molar-refractivity contribution is 9.10. The molecule has 0 radical (unpaired) electrons. The lowest BCUT2D eigenvalue weighted by Gasteiger charge is -2.09. The number of amides is 1. The number of anilines is 1. The first-order valence-electron chi connectivity index (χ1n) is 8.01. The Labute approximate surface area is 152 Å². The first-order chi connectivity index (χ1) is 12.2. The molecule has 0 unspecified atom stereocenters. The minimum Gasteiger partial charge on any atom is -0.490 e. The SMILES string of the molecule is O=C(Cc1ccc2c(c1)OCCCO2)Nc1n[nH]c2cc(Br)ccc12. The number of H-pyrrole nitrogens is 1. The molecular weight excluding hydrogens is 386 g/mol. The number of nitrogens with zero attached hydrogens (tertiary/aromatic N) is 1. The van der Waals surface area contributed by atoms with Crippen molar-refractivity contribution in [2.75, 3.05) is 18.5 Å². The zero-order valence-corrected chi connectivity index (χ0v) is 14.9. The molecule has 0 atom stereocenters. The quantitative estimate of drug-likeness (QED) is 0.701. The summed E-state index contributed by atoms with van der Waals surface area (Å²) < 4.78 is 12.2. The fraction of sp³-hybridized carbons (Fsp3) is 0.222. The number of carbonyl (C=O) groups is 1. The van der Waals surface area contributed by atoms with Crippen LogP contribution in [-0.2, 0) is 11.2 Å². The molecule has 128 valence electrons. The summed E-state index contributed by atoms with van der Waals surface area (Å²) in [6.45, 7) is 1.27. The number of benzene rings is 2. The standard InChI is InChI=1S/C18H16BrN3O3/c19-12-3-4-13-14(10-12)21-22-18(13)20-17(23)9-11-2-5-15-16(8-11)25-7-1-6-24-15/h2-5,8,10H,1,6-7,9H2,(H2,20,21,22,23). The molecule has 0 saturated heterocycles. The van der Waals surface area contributed by atoms with E-state index in [2.05, 4.69) is 31.4 Å². The van der Waals surface area contributed by atoms with Gasteiger partial charge in [-0.15, -0.1) is 0 Å². The molecule has 3 aromatic rings. The fourth-order valence-corrected chi connectivity index (χ4v) is 3.13. The van der Waals surface area contributed by atoms with Crippen molar-refractivity contribution in [2.45, 2.75) is 12.8 Å². The van der Waals surface area contributed by atoms with Gasteiger partial charge in [0.05, 0.1) is 25.2 Å². The zero-order chi connectivity index (χ0) is 17.2. The lowest BCUT2D eigenvalue weighted by molar-refractivity contribution is -0.115. The van der Waals surface area contributed by atoms with Crippen molar-refractivity contribution >= 4 is 38.6 Å². The van der Waals surface area contributed by atoms with Gasteiger partial charge in [-0.3, -0.25) is 9.89 Å². The Bertz CT molecular complexity index is 938. The summed E-state index contributed by atoms with van der Waals surface area (Å²) in [5.41, 5.74) is 1.73. The average Bonchev–Trinajstić information content (AvgIpc) is 2.83. The highest BCUT2D eigenvalue weighted by atomic mass is 79.9. The maximum absolute atomic E-state index is 12.4. The summed E-state index contributed by atoms with van der Waals surface area (Å²) in [5, 5.41) is 10.8. The topological polar surface area (TPSA) is 76.2 Å². The monoisotopic (exact) mass is 401 g/mol. The van der Waals surface area contributed by atoms with E-state index in [0.29, 0.717) is 24.8 Å². The molecule has 7 heteroatoms. The molecule has 0 aliphatic carbocycles. The lowest BCUT2D eigenvalue weighted by atomic mass is 10.1. The average molecular weight is 402 g/mol. The molecule has 4 rings (SSSR count). The number of fused-ring (bicyclic) bond motifs is 2. The van der Waals surface area contributed by atoms with Crippen molar-refractivity contribution in [1.29, 1.82) is 0 Å². The number of ether oxygens (including phenoxy) is 2. The van der Waals surface area contributed by atoms with Gasteiger partial charge in [0, 0.05) is 16.3 Å². The number of halogens is 1. The molecular formula is C18H16BrN3O3. The maximum Gasteiger partial charge on any atom is 0.230 e. The van der Waals surface area contributed by atoms with Gasteiger partial charge in [0.2, 0.25) is 5.91 Å². The van der Waals surface area contributed by atoms with Crippen molar-refractivity contribution in [3.05, 3.63) is 46.4 Å². The number of hydrogen-bond acceptors (Lipinski definition) is 4. The van der Waals surface area contributed by atoms with Crippen molar-refractivity contribution in [2.24, 2.45) is 0 Å². The minimum atomic E-state index is -0.134. The number of hydrogen-bond donors (Lipinski definition) is 2. The molecule has 25 heavy (non-hydrogen) atoms. The van der Waals surface area contributed by atoms with Crippen LogP contribution in [0.4, 0.5) is 5.82 Å². The predicted molar refractivity (Wildman–Crippen MR) is 98.2 cm³/mol. The van der Waals surface area contributed by atoms with Crippen LogP contribution in [0.25, 0.3) is 10.9 Å². The van der Waals surface area contributed by atoms with Gasteiger partial charge < -0.3 is 14.8 Å². The molecule has 2 aromatic carbocycles. The first kappa shape index (κ1) is 16.0. The highest BCUT2D eigenvalue weighted by Gasteiger charge is 2.14. The van der Waals surface area contributed by atoms with Gasteiger partial charge in [0.25, 0.3) is 0 Å². The third-order valence-electron chi connectivity index (χ3n) is 3.96. The number of nitrogens with one attached hydrogen (secondary N) is 2. The number of carbonyl (C=O) groups excluding carboxylic acids is 1. The lowest BCUT2D eigenvalue weighted by Crippen LogP contribution is -2.15. The van der Waals surface area contributed by atoms with E-state index >= 15 is 0 Å². The fourth-order valence-electron chi connectivity index (χ4n) is 2.77. The summed E-state index contributed by atoms with van der Waals surface area (Å²) in [7, 11) is 0. The van der Waals surface area contributed by atoms with Crippen LogP contribution >= 0.6 is 15.9 Å². The van der Waals surface area contributed by atoms with E-state index in [9.17, 15) is 4.79 Å². The molecule has 1 aliphatic heterocycles. The Morgan fingerprint density at radius 2 is 2.00 bits per heavy atom. The summed E-state index contributed by atoms with van der Waals surface area (Å²) >= 11 is 3.42.